The Balaban J connectivity index is 1.61. The standard InChI is InChI=1S/C17H23N3O2S/c1-12-3-5-13(6-4-12)19(2)15(21)7-9-20-11-18-16-14(17(20)22)8-10-23-16/h8,10-13H,3-7,9H2,1-2H3. The number of thiophene rings is 1. The molecule has 1 aliphatic rings. The molecule has 1 amide bonds. The molecule has 0 atom stereocenters. The number of carbonyl (C=O) groups excluding carboxylic acids is 1. The van der Waals surface area contributed by atoms with Crippen LogP contribution in [0, 0.1) is 5.92 Å². The topological polar surface area (TPSA) is 55.2 Å². The maximum Gasteiger partial charge on any atom is 0.262 e. The van der Waals surface area contributed by atoms with Crippen molar-refractivity contribution in [3.05, 3.63) is 28.1 Å². The molecule has 0 spiro atoms. The summed E-state index contributed by atoms with van der Waals surface area (Å²) in [5.41, 5.74) is -0.0572. The molecule has 23 heavy (non-hydrogen) atoms. The van der Waals surface area contributed by atoms with Crippen molar-refractivity contribution in [1.82, 2.24) is 14.5 Å². The predicted molar refractivity (Wildman–Crippen MR) is 92.7 cm³/mol. The van der Waals surface area contributed by atoms with Gasteiger partial charge in [0.2, 0.25) is 5.91 Å². The molecule has 2 aromatic heterocycles. The molecule has 1 fully saturated rings. The minimum absolute atomic E-state index is 0.0572. The Labute approximate surface area is 139 Å². The molecule has 0 aromatic carbocycles. The SMILES string of the molecule is CC1CCC(N(C)C(=O)CCn2cnc3sccc3c2=O)CC1. The van der Waals surface area contributed by atoms with Gasteiger partial charge in [-0.15, -0.1) is 11.3 Å². The van der Waals surface area contributed by atoms with E-state index < -0.39 is 0 Å². The minimum Gasteiger partial charge on any atom is -0.343 e. The normalized spacial score (nSPS) is 21.5. The van der Waals surface area contributed by atoms with E-state index in [1.807, 2.05) is 17.3 Å². The van der Waals surface area contributed by atoms with Crippen molar-refractivity contribution in [3.8, 4) is 0 Å². The molecular weight excluding hydrogens is 310 g/mol. The quantitative estimate of drug-likeness (QED) is 0.864. The lowest BCUT2D eigenvalue weighted by molar-refractivity contribution is -0.133. The molecule has 0 unspecified atom stereocenters. The average molecular weight is 333 g/mol. The molecular formula is C17H23N3O2S. The zero-order valence-corrected chi connectivity index (χ0v) is 14.5. The van der Waals surface area contributed by atoms with Gasteiger partial charge in [0.25, 0.3) is 5.56 Å². The third-order valence-corrected chi connectivity index (χ3v) is 5.76. The minimum atomic E-state index is -0.0572. The number of hydrogen-bond donors (Lipinski definition) is 0. The summed E-state index contributed by atoms with van der Waals surface area (Å²) >= 11 is 1.46. The largest absolute Gasteiger partial charge is 0.343 e. The lowest BCUT2D eigenvalue weighted by Gasteiger charge is -2.33. The van der Waals surface area contributed by atoms with Crippen LogP contribution in [-0.4, -0.2) is 33.4 Å². The van der Waals surface area contributed by atoms with Crippen molar-refractivity contribution in [3.63, 3.8) is 0 Å². The van der Waals surface area contributed by atoms with Crippen LogP contribution >= 0.6 is 11.3 Å². The average Bonchev–Trinajstić information content (AvgIpc) is 3.03. The molecule has 3 rings (SSSR count). The summed E-state index contributed by atoms with van der Waals surface area (Å²) in [5.74, 6) is 0.888. The van der Waals surface area contributed by atoms with E-state index in [1.165, 1.54) is 24.2 Å². The number of carbonyl (C=O) groups is 1. The van der Waals surface area contributed by atoms with E-state index in [4.69, 9.17) is 0 Å². The fourth-order valence-electron chi connectivity index (χ4n) is 3.28. The van der Waals surface area contributed by atoms with Crippen LogP contribution in [0.15, 0.2) is 22.6 Å². The monoisotopic (exact) mass is 333 g/mol. The van der Waals surface area contributed by atoms with Gasteiger partial charge in [0, 0.05) is 26.1 Å². The Morgan fingerprint density at radius 3 is 2.87 bits per heavy atom. The first kappa shape index (κ1) is 16.2. The maximum absolute atomic E-state index is 12.4. The summed E-state index contributed by atoms with van der Waals surface area (Å²) in [6, 6.07) is 2.15. The van der Waals surface area contributed by atoms with Crippen molar-refractivity contribution in [2.75, 3.05) is 7.05 Å². The summed E-state index contributed by atoms with van der Waals surface area (Å²) in [6.07, 6.45) is 6.47. The molecule has 1 aliphatic carbocycles. The number of aromatic nitrogens is 2. The van der Waals surface area contributed by atoms with Crippen LogP contribution in [0.5, 0.6) is 0 Å². The van der Waals surface area contributed by atoms with Crippen LogP contribution in [0.3, 0.4) is 0 Å². The lowest BCUT2D eigenvalue weighted by Crippen LogP contribution is -2.39. The molecule has 0 saturated heterocycles. The number of nitrogens with zero attached hydrogens (tertiary/aromatic N) is 3. The molecule has 5 nitrogen and oxygen atoms in total. The fraction of sp³-hybridized carbons (Fsp3) is 0.588. The van der Waals surface area contributed by atoms with E-state index >= 15 is 0 Å². The van der Waals surface area contributed by atoms with Gasteiger partial charge in [-0.25, -0.2) is 4.98 Å². The number of fused-ring (bicyclic) bond motifs is 1. The van der Waals surface area contributed by atoms with E-state index in [0.717, 1.165) is 23.6 Å². The van der Waals surface area contributed by atoms with Crippen molar-refractivity contribution in [2.45, 2.75) is 51.6 Å². The van der Waals surface area contributed by atoms with E-state index in [-0.39, 0.29) is 11.5 Å². The lowest BCUT2D eigenvalue weighted by atomic mass is 9.86. The van der Waals surface area contributed by atoms with Crippen LogP contribution in [0.1, 0.15) is 39.0 Å². The number of aryl methyl sites for hydroxylation is 1. The Hall–Kier alpha value is -1.69. The van der Waals surface area contributed by atoms with Crippen molar-refractivity contribution < 1.29 is 4.79 Å². The zero-order chi connectivity index (χ0) is 16.4. The summed E-state index contributed by atoms with van der Waals surface area (Å²) in [7, 11) is 1.89. The highest BCUT2D eigenvalue weighted by Crippen LogP contribution is 2.26. The first-order chi connectivity index (χ1) is 11.1. The van der Waals surface area contributed by atoms with Crippen molar-refractivity contribution >= 4 is 27.5 Å². The van der Waals surface area contributed by atoms with E-state index in [2.05, 4.69) is 11.9 Å². The van der Waals surface area contributed by atoms with Crippen LogP contribution in [-0.2, 0) is 11.3 Å². The maximum atomic E-state index is 12.4. The highest BCUT2D eigenvalue weighted by Gasteiger charge is 2.24. The summed E-state index contributed by atoms with van der Waals surface area (Å²) in [5, 5.41) is 2.51. The van der Waals surface area contributed by atoms with Gasteiger partial charge < -0.3 is 4.90 Å². The molecule has 1 saturated carbocycles. The van der Waals surface area contributed by atoms with Crippen molar-refractivity contribution in [2.24, 2.45) is 5.92 Å². The van der Waals surface area contributed by atoms with Gasteiger partial charge >= 0.3 is 0 Å². The third-order valence-electron chi connectivity index (χ3n) is 4.94. The Morgan fingerprint density at radius 2 is 2.13 bits per heavy atom. The van der Waals surface area contributed by atoms with E-state index in [1.54, 1.807) is 17.0 Å². The van der Waals surface area contributed by atoms with Crippen molar-refractivity contribution in [1.29, 1.82) is 0 Å². The van der Waals surface area contributed by atoms with E-state index in [0.29, 0.717) is 24.4 Å². The fourth-order valence-corrected chi connectivity index (χ4v) is 4.00. The van der Waals surface area contributed by atoms with Gasteiger partial charge in [-0.2, -0.15) is 0 Å². The van der Waals surface area contributed by atoms with Gasteiger partial charge in [-0.05, 0) is 43.0 Å². The second-order valence-corrected chi connectivity index (χ2v) is 7.45. The molecule has 0 radical (unpaired) electrons. The van der Waals surface area contributed by atoms with Crippen LogP contribution in [0.25, 0.3) is 10.2 Å². The van der Waals surface area contributed by atoms with Gasteiger partial charge in [-0.1, -0.05) is 6.92 Å². The Kier molecular flexibility index (Phi) is 4.80. The molecule has 0 bridgehead atoms. The molecule has 124 valence electrons. The summed E-state index contributed by atoms with van der Waals surface area (Å²) in [4.78, 5) is 31.6. The smallest absolute Gasteiger partial charge is 0.262 e. The van der Waals surface area contributed by atoms with Gasteiger partial charge in [0.1, 0.15) is 4.83 Å². The second kappa shape index (κ2) is 6.83. The predicted octanol–water partition coefficient (Wildman–Crippen LogP) is 2.89. The summed E-state index contributed by atoms with van der Waals surface area (Å²) in [6.45, 7) is 2.67. The number of hydrogen-bond acceptors (Lipinski definition) is 4. The van der Waals surface area contributed by atoms with Crippen LogP contribution in [0.4, 0.5) is 0 Å². The first-order valence-corrected chi connectivity index (χ1v) is 9.12. The van der Waals surface area contributed by atoms with Gasteiger partial charge in [0.15, 0.2) is 0 Å². The highest BCUT2D eigenvalue weighted by molar-refractivity contribution is 7.16. The first-order valence-electron chi connectivity index (χ1n) is 8.24. The van der Waals surface area contributed by atoms with Crippen LogP contribution < -0.4 is 5.56 Å². The molecule has 0 aliphatic heterocycles. The number of amides is 1. The van der Waals surface area contributed by atoms with Crippen LogP contribution in [0.2, 0.25) is 0 Å². The zero-order valence-electron chi connectivity index (χ0n) is 13.7. The van der Waals surface area contributed by atoms with Gasteiger partial charge in [0.05, 0.1) is 11.7 Å². The Morgan fingerprint density at radius 1 is 1.39 bits per heavy atom. The molecule has 6 heteroatoms. The summed E-state index contributed by atoms with van der Waals surface area (Å²) < 4.78 is 1.55. The Bertz CT molecular complexity index is 744. The van der Waals surface area contributed by atoms with Gasteiger partial charge in [-0.3, -0.25) is 14.2 Å². The van der Waals surface area contributed by atoms with E-state index in [9.17, 15) is 9.59 Å². The number of rotatable bonds is 4. The molecule has 2 aromatic rings. The third kappa shape index (κ3) is 3.47. The second-order valence-electron chi connectivity index (χ2n) is 6.55. The highest BCUT2D eigenvalue weighted by atomic mass is 32.1. The molecule has 0 N–H and O–H groups in total. The molecule has 2 heterocycles.